The molecule has 8 rings (SSSR count). The van der Waals surface area contributed by atoms with Gasteiger partial charge in [-0.2, -0.15) is 0 Å². The third-order valence-corrected chi connectivity index (χ3v) is 12.0. The van der Waals surface area contributed by atoms with Gasteiger partial charge in [0.1, 0.15) is 0 Å². The molecule has 0 unspecified atom stereocenters. The maximum Gasteiger partial charge on any atom is 0.0160 e. The Morgan fingerprint density at radius 1 is 0.548 bits per heavy atom. The molecule has 1 saturated carbocycles. The van der Waals surface area contributed by atoms with Crippen molar-refractivity contribution in [2.75, 3.05) is 0 Å². The second kappa shape index (κ2) is 10.5. The van der Waals surface area contributed by atoms with Crippen LogP contribution in [0.15, 0.2) is 73.1 Å². The molecule has 0 N–H and O–H groups in total. The molecular formula is C39H44IrN2-2. The summed E-state index contributed by atoms with van der Waals surface area (Å²) in [6, 6.07) is 28.1. The summed E-state index contributed by atoms with van der Waals surface area (Å²) >= 11 is 0. The molecule has 4 aliphatic carbocycles. The third-order valence-electron chi connectivity index (χ3n) is 12.0. The van der Waals surface area contributed by atoms with Gasteiger partial charge in [-0.1, -0.05) is 92.5 Å². The molecule has 2 heterocycles. The van der Waals surface area contributed by atoms with Gasteiger partial charge in [0.05, 0.1) is 0 Å². The van der Waals surface area contributed by atoms with E-state index in [1.54, 1.807) is 5.56 Å². The molecule has 4 aromatic rings. The number of pyridine rings is 2. The third kappa shape index (κ3) is 4.63. The molecule has 42 heavy (non-hydrogen) atoms. The summed E-state index contributed by atoms with van der Waals surface area (Å²) in [5, 5.41) is 0. The minimum atomic E-state index is 0. The van der Waals surface area contributed by atoms with E-state index in [0.717, 1.165) is 22.5 Å². The number of aromatic nitrogens is 2. The monoisotopic (exact) mass is 733 g/mol. The molecule has 0 spiro atoms. The maximum absolute atomic E-state index is 4.47. The Labute approximate surface area is 267 Å². The second-order valence-electron chi connectivity index (χ2n) is 14.8. The number of hydrogen-bond acceptors (Lipinski definition) is 2. The zero-order valence-electron chi connectivity index (χ0n) is 26.5. The molecule has 1 radical (unpaired) electrons. The van der Waals surface area contributed by atoms with Gasteiger partial charge < -0.3 is 9.97 Å². The van der Waals surface area contributed by atoms with Crippen molar-refractivity contribution in [3.63, 3.8) is 0 Å². The first-order valence-corrected chi connectivity index (χ1v) is 15.3. The first kappa shape index (κ1) is 30.8. The molecule has 3 heteroatoms. The van der Waals surface area contributed by atoms with Gasteiger partial charge >= 0.3 is 0 Å². The standard InChI is InChI=1S/C20H24N.C19H20N.Ir/c1-18(2)15-11-10-14(17-9-7-8-12-21-17)13-16(15)19(3,4)20(18,5)6;1-18-8-10-19(2,11-9-18)16-13-14(6-7-15(16)18)17-5-3-4-12-20-17;/h7-9,11-13H,1-6H3;3-5,7,12-13H,8-11H2,1-2H3;/q2*-1;. The molecular weight excluding hydrogens is 689 g/mol. The predicted octanol–water partition coefficient (Wildman–Crippen LogP) is 9.79. The summed E-state index contributed by atoms with van der Waals surface area (Å²) in [4.78, 5) is 8.93. The van der Waals surface area contributed by atoms with Crippen LogP contribution in [0.5, 0.6) is 0 Å². The molecule has 221 valence electrons. The zero-order chi connectivity index (χ0) is 29.3. The Hall–Kier alpha value is -2.61. The summed E-state index contributed by atoms with van der Waals surface area (Å²) in [7, 11) is 0. The van der Waals surface area contributed by atoms with Crippen molar-refractivity contribution < 1.29 is 20.1 Å². The fraction of sp³-hybridized carbons (Fsp3) is 0.436. The Kier molecular flexibility index (Phi) is 7.73. The molecule has 2 bridgehead atoms. The molecule has 2 aromatic carbocycles. The van der Waals surface area contributed by atoms with Crippen LogP contribution in [0.3, 0.4) is 0 Å². The first-order chi connectivity index (χ1) is 19.3. The summed E-state index contributed by atoms with van der Waals surface area (Å²) in [5.74, 6) is 0. The van der Waals surface area contributed by atoms with Crippen molar-refractivity contribution in [3.05, 3.63) is 107 Å². The van der Waals surface area contributed by atoms with Gasteiger partial charge in [0.25, 0.3) is 0 Å². The van der Waals surface area contributed by atoms with Crippen LogP contribution < -0.4 is 0 Å². The summed E-state index contributed by atoms with van der Waals surface area (Å²) in [5.41, 5.74) is 11.4. The summed E-state index contributed by atoms with van der Waals surface area (Å²) in [6.07, 6.45) is 9.00. The van der Waals surface area contributed by atoms with Crippen LogP contribution in [0, 0.1) is 17.5 Å². The SMILES string of the molecule is CC1(C)c2c[c-]c(-c3ccccn3)cc2C(C)(C)C1(C)C.CC12CCC(C)(CC1)c1cc(-c3ccccn3)[c-]cc12.[Ir]. The maximum atomic E-state index is 4.47. The van der Waals surface area contributed by atoms with Gasteiger partial charge in [-0.05, 0) is 63.4 Å². The van der Waals surface area contributed by atoms with E-state index in [9.17, 15) is 0 Å². The van der Waals surface area contributed by atoms with E-state index in [1.807, 2.05) is 36.7 Å². The second-order valence-corrected chi connectivity index (χ2v) is 14.8. The number of nitrogens with zero attached hydrogens (tertiary/aromatic N) is 2. The fourth-order valence-electron chi connectivity index (χ4n) is 7.70. The molecule has 0 aliphatic heterocycles. The van der Waals surface area contributed by atoms with Crippen LogP contribution in [0.1, 0.15) is 103 Å². The predicted molar refractivity (Wildman–Crippen MR) is 170 cm³/mol. The smallest absolute Gasteiger partial charge is 0.0160 e. The van der Waals surface area contributed by atoms with Gasteiger partial charge in [0.2, 0.25) is 0 Å². The molecule has 2 aromatic heterocycles. The summed E-state index contributed by atoms with van der Waals surface area (Å²) in [6.45, 7) is 19.1. The minimum absolute atomic E-state index is 0. The molecule has 0 atom stereocenters. The van der Waals surface area contributed by atoms with Crippen molar-refractivity contribution in [2.45, 2.75) is 103 Å². The van der Waals surface area contributed by atoms with Gasteiger partial charge in [-0.25, -0.2) is 0 Å². The van der Waals surface area contributed by atoms with Crippen molar-refractivity contribution in [2.24, 2.45) is 5.41 Å². The number of hydrogen-bond donors (Lipinski definition) is 0. The Bertz CT molecular complexity index is 1580. The average molecular weight is 733 g/mol. The largest absolute Gasteiger partial charge is 0.305 e. The van der Waals surface area contributed by atoms with Crippen LogP contribution in [0.25, 0.3) is 22.5 Å². The Morgan fingerprint density at radius 2 is 0.976 bits per heavy atom. The normalized spacial score (nSPS) is 25.3. The van der Waals surface area contributed by atoms with Crippen LogP contribution in [-0.4, -0.2) is 9.97 Å². The Balaban J connectivity index is 0.000000164. The van der Waals surface area contributed by atoms with E-state index in [1.165, 1.54) is 42.4 Å². The van der Waals surface area contributed by atoms with Crippen molar-refractivity contribution in [1.29, 1.82) is 0 Å². The van der Waals surface area contributed by atoms with Gasteiger partial charge in [-0.15, -0.1) is 69.8 Å². The van der Waals surface area contributed by atoms with E-state index < -0.39 is 0 Å². The number of fused-ring (bicyclic) bond motifs is 3. The van der Waals surface area contributed by atoms with E-state index >= 15 is 0 Å². The van der Waals surface area contributed by atoms with E-state index in [4.69, 9.17) is 0 Å². The topological polar surface area (TPSA) is 25.8 Å². The summed E-state index contributed by atoms with van der Waals surface area (Å²) < 4.78 is 0. The van der Waals surface area contributed by atoms with Crippen LogP contribution in [0.4, 0.5) is 0 Å². The van der Waals surface area contributed by atoms with E-state index in [2.05, 4.69) is 114 Å². The zero-order valence-corrected chi connectivity index (χ0v) is 28.9. The van der Waals surface area contributed by atoms with E-state index in [0.29, 0.717) is 10.8 Å². The molecule has 2 nitrogen and oxygen atoms in total. The van der Waals surface area contributed by atoms with Crippen molar-refractivity contribution in [3.8, 4) is 22.5 Å². The van der Waals surface area contributed by atoms with Crippen LogP contribution >= 0.6 is 0 Å². The van der Waals surface area contributed by atoms with Gasteiger partial charge in [-0.3, -0.25) is 0 Å². The van der Waals surface area contributed by atoms with Crippen LogP contribution in [0.2, 0.25) is 0 Å². The average Bonchev–Trinajstić information content (AvgIpc) is 3.09. The first-order valence-electron chi connectivity index (χ1n) is 15.3. The molecule has 1 fully saturated rings. The van der Waals surface area contributed by atoms with E-state index in [-0.39, 0.29) is 36.4 Å². The van der Waals surface area contributed by atoms with Gasteiger partial charge in [0, 0.05) is 32.5 Å². The van der Waals surface area contributed by atoms with Crippen molar-refractivity contribution >= 4 is 0 Å². The Morgan fingerprint density at radius 3 is 1.45 bits per heavy atom. The molecule has 4 aliphatic rings. The molecule has 0 saturated heterocycles. The molecule has 0 amide bonds. The minimum Gasteiger partial charge on any atom is -0.305 e. The number of benzene rings is 2. The number of rotatable bonds is 2. The van der Waals surface area contributed by atoms with Gasteiger partial charge in [0.15, 0.2) is 0 Å². The van der Waals surface area contributed by atoms with Crippen molar-refractivity contribution in [1.82, 2.24) is 9.97 Å². The fourth-order valence-corrected chi connectivity index (χ4v) is 7.70. The quantitative estimate of drug-likeness (QED) is 0.192. The van der Waals surface area contributed by atoms with Crippen LogP contribution in [-0.2, 0) is 41.8 Å².